The summed E-state index contributed by atoms with van der Waals surface area (Å²) in [6.45, 7) is 4.02. The van der Waals surface area contributed by atoms with Crippen LogP contribution < -0.4 is 10.5 Å². The van der Waals surface area contributed by atoms with E-state index in [0.29, 0.717) is 24.0 Å². The third-order valence-corrected chi connectivity index (χ3v) is 7.44. The van der Waals surface area contributed by atoms with Gasteiger partial charge in [-0.1, -0.05) is 43.2 Å². The number of likely N-dealkylation sites (tertiary alicyclic amines) is 1. The molecule has 2 aromatic carbocycles. The molecule has 0 unspecified atom stereocenters. The van der Waals surface area contributed by atoms with E-state index >= 15 is 0 Å². The second kappa shape index (κ2) is 10.3. The highest BCUT2D eigenvalue weighted by Crippen LogP contribution is 2.46. The minimum Gasteiger partial charge on any atom is -0.494 e. The number of nitriles is 1. The molecule has 4 nitrogen and oxygen atoms in total. The van der Waals surface area contributed by atoms with Crippen LogP contribution in [0, 0.1) is 23.2 Å². The smallest absolute Gasteiger partial charge is 0.119 e. The van der Waals surface area contributed by atoms with E-state index in [1.165, 1.54) is 44.1 Å². The van der Waals surface area contributed by atoms with E-state index < -0.39 is 0 Å². The van der Waals surface area contributed by atoms with E-state index in [2.05, 4.69) is 41.3 Å². The average Bonchev–Trinajstić information content (AvgIpc) is 3.38. The highest BCUT2D eigenvalue weighted by molar-refractivity contribution is 5.34. The van der Waals surface area contributed by atoms with Crippen molar-refractivity contribution in [3.05, 3.63) is 65.7 Å². The molecule has 1 saturated carbocycles. The second-order valence-electron chi connectivity index (χ2n) is 9.23. The third-order valence-electron chi connectivity index (χ3n) is 7.44. The summed E-state index contributed by atoms with van der Waals surface area (Å²) >= 11 is 0. The number of ether oxygens (including phenoxy) is 1. The zero-order valence-corrected chi connectivity index (χ0v) is 18.5. The lowest BCUT2D eigenvalue weighted by Gasteiger charge is -2.46. The molecule has 2 aliphatic rings. The normalized spacial score (nSPS) is 20.3. The van der Waals surface area contributed by atoms with Gasteiger partial charge in [0.15, 0.2) is 0 Å². The summed E-state index contributed by atoms with van der Waals surface area (Å²) in [6.07, 6.45) is 8.58. The summed E-state index contributed by atoms with van der Waals surface area (Å²) in [6, 6.07) is 20.4. The number of piperidine rings is 1. The van der Waals surface area contributed by atoms with E-state index in [1.54, 1.807) is 12.1 Å². The topological polar surface area (TPSA) is 62.3 Å². The summed E-state index contributed by atoms with van der Waals surface area (Å²) in [5.74, 6) is 2.02. The molecule has 1 atom stereocenters. The van der Waals surface area contributed by atoms with Gasteiger partial charge in [0.25, 0.3) is 0 Å². The molecule has 1 aliphatic carbocycles. The minimum absolute atomic E-state index is 0.178. The molecule has 2 aromatic rings. The van der Waals surface area contributed by atoms with E-state index in [0.717, 1.165) is 31.8 Å². The summed E-state index contributed by atoms with van der Waals surface area (Å²) in [7, 11) is 0. The van der Waals surface area contributed by atoms with Gasteiger partial charge in [-0.25, -0.2) is 0 Å². The van der Waals surface area contributed by atoms with Crippen LogP contribution in [0.5, 0.6) is 5.75 Å². The molecule has 0 spiro atoms. The molecule has 0 amide bonds. The Kier molecular flexibility index (Phi) is 7.27. The molecular weight excluding hydrogens is 382 g/mol. The van der Waals surface area contributed by atoms with Crippen molar-refractivity contribution in [1.82, 2.24) is 4.90 Å². The molecule has 4 rings (SSSR count). The molecule has 0 bridgehead atoms. The van der Waals surface area contributed by atoms with E-state index in [4.69, 9.17) is 15.7 Å². The van der Waals surface area contributed by atoms with Gasteiger partial charge < -0.3 is 15.4 Å². The Bertz CT molecular complexity index is 846. The Morgan fingerprint density at radius 1 is 0.935 bits per heavy atom. The van der Waals surface area contributed by atoms with Gasteiger partial charge in [-0.3, -0.25) is 0 Å². The molecule has 2 fully saturated rings. The van der Waals surface area contributed by atoms with Gasteiger partial charge in [0.2, 0.25) is 0 Å². The van der Waals surface area contributed by atoms with E-state index in [-0.39, 0.29) is 5.54 Å². The lowest BCUT2D eigenvalue weighted by atomic mass is 9.66. The lowest BCUT2D eigenvalue weighted by molar-refractivity contribution is 0.0875. The summed E-state index contributed by atoms with van der Waals surface area (Å²) in [4.78, 5) is 2.57. The highest BCUT2D eigenvalue weighted by Gasteiger charge is 2.45. The van der Waals surface area contributed by atoms with Crippen molar-refractivity contribution >= 4 is 0 Å². The van der Waals surface area contributed by atoms with Crippen molar-refractivity contribution in [3.63, 3.8) is 0 Å². The van der Waals surface area contributed by atoms with Crippen LogP contribution in [0.2, 0.25) is 0 Å². The maximum absolute atomic E-state index is 8.88. The first-order valence-electron chi connectivity index (χ1n) is 11.9. The van der Waals surface area contributed by atoms with Gasteiger partial charge in [0.05, 0.1) is 18.2 Å². The SMILES string of the molecule is N#Cc1ccc(OCCCN2CCC([C@](N)(c3ccccc3)C3CCCC3)CC2)cc1. The first-order valence-corrected chi connectivity index (χ1v) is 11.9. The van der Waals surface area contributed by atoms with Crippen LogP contribution in [0.4, 0.5) is 0 Å². The minimum atomic E-state index is -0.178. The number of benzene rings is 2. The maximum atomic E-state index is 8.88. The van der Waals surface area contributed by atoms with Gasteiger partial charge >= 0.3 is 0 Å². The number of nitrogens with two attached hydrogens (primary N) is 1. The number of rotatable bonds is 8. The molecule has 1 saturated heterocycles. The van der Waals surface area contributed by atoms with Crippen molar-refractivity contribution in [2.75, 3.05) is 26.2 Å². The molecule has 0 radical (unpaired) electrons. The molecule has 31 heavy (non-hydrogen) atoms. The van der Waals surface area contributed by atoms with Crippen LogP contribution in [0.25, 0.3) is 0 Å². The predicted molar refractivity (Wildman–Crippen MR) is 125 cm³/mol. The van der Waals surface area contributed by atoms with Crippen molar-refractivity contribution < 1.29 is 4.74 Å². The Balaban J connectivity index is 1.27. The van der Waals surface area contributed by atoms with Crippen molar-refractivity contribution in [2.45, 2.75) is 50.5 Å². The second-order valence-corrected chi connectivity index (χ2v) is 9.23. The number of hydrogen-bond donors (Lipinski definition) is 1. The fraction of sp³-hybridized carbons (Fsp3) is 0.519. The third kappa shape index (κ3) is 5.11. The van der Waals surface area contributed by atoms with Gasteiger partial charge in [-0.05, 0) is 86.9 Å². The highest BCUT2D eigenvalue weighted by atomic mass is 16.5. The van der Waals surface area contributed by atoms with Gasteiger partial charge in [-0.2, -0.15) is 5.26 Å². The number of nitrogens with zero attached hydrogens (tertiary/aromatic N) is 2. The summed E-state index contributed by atoms with van der Waals surface area (Å²) in [5, 5.41) is 8.88. The first-order chi connectivity index (χ1) is 15.2. The molecular formula is C27H35N3O. The Hall–Kier alpha value is -2.35. The Morgan fingerprint density at radius 2 is 1.58 bits per heavy atom. The van der Waals surface area contributed by atoms with E-state index in [1.807, 2.05) is 12.1 Å². The van der Waals surface area contributed by atoms with Crippen molar-refractivity contribution in [2.24, 2.45) is 17.6 Å². The predicted octanol–water partition coefficient (Wildman–Crippen LogP) is 5.08. The van der Waals surface area contributed by atoms with Crippen LogP contribution in [0.1, 0.15) is 56.1 Å². The first kappa shape index (κ1) is 21.9. The van der Waals surface area contributed by atoms with Crippen LogP contribution in [-0.4, -0.2) is 31.1 Å². The van der Waals surface area contributed by atoms with Crippen LogP contribution >= 0.6 is 0 Å². The quantitative estimate of drug-likeness (QED) is 0.608. The van der Waals surface area contributed by atoms with Crippen molar-refractivity contribution in [1.29, 1.82) is 5.26 Å². The fourth-order valence-corrected chi connectivity index (χ4v) is 5.67. The summed E-state index contributed by atoms with van der Waals surface area (Å²) < 4.78 is 5.84. The van der Waals surface area contributed by atoms with Crippen LogP contribution in [-0.2, 0) is 5.54 Å². The molecule has 0 aromatic heterocycles. The summed E-state index contributed by atoms with van der Waals surface area (Å²) in [5.41, 5.74) is 9.12. The fourth-order valence-electron chi connectivity index (χ4n) is 5.67. The Morgan fingerprint density at radius 3 is 2.23 bits per heavy atom. The zero-order valence-electron chi connectivity index (χ0n) is 18.5. The van der Waals surface area contributed by atoms with Gasteiger partial charge in [0.1, 0.15) is 5.75 Å². The van der Waals surface area contributed by atoms with Gasteiger partial charge in [0, 0.05) is 12.1 Å². The van der Waals surface area contributed by atoms with Gasteiger partial charge in [-0.15, -0.1) is 0 Å². The largest absolute Gasteiger partial charge is 0.494 e. The van der Waals surface area contributed by atoms with Crippen LogP contribution in [0.3, 0.4) is 0 Å². The van der Waals surface area contributed by atoms with Crippen molar-refractivity contribution in [3.8, 4) is 11.8 Å². The monoisotopic (exact) mass is 417 g/mol. The Labute approximate surface area is 187 Å². The molecule has 164 valence electrons. The molecule has 1 heterocycles. The maximum Gasteiger partial charge on any atom is 0.119 e. The van der Waals surface area contributed by atoms with Crippen LogP contribution in [0.15, 0.2) is 54.6 Å². The number of hydrogen-bond acceptors (Lipinski definition) is 4. The molecule has 2 N–H and O–H groups in total. The standard InChI is InChI=1S/C27H35N3O/c28-21-22-11-13-26(14-12-22)31-20-6-17-30-18-15-25(16-19-30)27(29,24-9-4-5-10-24)23-7-2-1-3-8-23/h1-3,7-8,11-14,24-25H,4-6,9-10,15-20,29H2/t27-/m0/s1. The lowest BCUT2D eigenvalue weighted by Crippen LogP contribution is -2.53. The molecule has 4 heteroatoms. The average molecular weight is 418 g/mol. The molecule has 1 aliphatic heterocycles. The van der Waals surface area contributed by atoms with E-state index in [9.17, 15) is 0 Å². The zero-order chi connectivity index (χ0) is 21.5.